The Morgan fingerprint density at radius 3 is 2.67 bits per heavy atom. The summed E-state index contributed by atoms with van der Waals surface area (Å²) >= 11 is 1.21. The first kappa shape index (κ1) is 11.0. The van der Waals surface area contributed by atoms with Crippen LogP contribution in [0.3, 0.4) is 0 Å². The van der Waals surface area contributed by atoms with Crippen LogP contribution < -0.4 is 5.73 Å². The molecule has 0 radical (unpaired) electrons. The maximum atomic E-state index is 13.7. The molecule has 2 nitrogen and oxygen atoms in total. The van der Waals surface area contributed by atoms with Gasteiger partial charge in [0.15, 0.2) is 5.13 Å². The van der Waals surface area contributed by atoms with Crippen molar-refractivity contribution < 1.29 is 9.13 Å². The fraction of sp³-hybridized carbons (Fsp3) is 0.636. The molecule has 0 bridgehead atoms. The van der Waals surface area contributed by atoms with Crippen molar-refractivity contribution in [1.82, 2.24) is 0 Å². The number of ether oxygens (including phenoxy) is 1. The normalized spacial score (nSPS) is 20.5. The minimum atomic E-state index is -0.187. The number of rotatable bonds is 2. The van der Waals surface area contributed by atoms with Crippen LogP contribution in [0, 0.1) is 12.1 Å². The van der Waals surface area contributed by atoms with Crippen molar-refractivity contribution in [2.45, 2.75) is 25.2 Å². The molecule has 1 fully saturated rings. The van der Waals surface area contributed by atoms with Gasteiger partial charge in [-0.25, -0.2) is 0 Å². The van der Waals surface area contributed by atoms with E-state index in [1.54, 1.807) is 0 Å². The maximum Gasteiger partial charge on any atom is 0.180 e. The molecule has 0 unspecified atom stereocenters. The lowest BCUT2D eigenvalue weighted by molar-refractivity contribution is 0.0520. The highest BCUT2D eigenvalue weighted by Crippen LogP contribution is 2.38. The van der Waals surface area contributed by atoms with E-state index in [1.165, 1.54) is 11.3 Å². The Morgan fingerprint density at radius 2 is 2.20 bits per heavy atom. The van der Waals surface area contributed by atoms with Gasteiger partial charge in [-0.3, -0.25) is 0 Å². The minimum Gasteiger partial charge on any atom is -0.381 e. The number of aryl methyl sites for hydroxylation is 1. The zero-order valence-electron chi connectivity index (χ0n) is 8.88. The van der Waals surface area contributed by atoms with Gasteiger partial charge in [0.2, 0.25) is 0 Å². The minimum absolute atomic E-state index is 0.0696. The summed E-state index contributed by atoms with van der Waals surface area (Å²) in [5.74, 6) is 0. The summed E-state index contributed by atoms with van der Waals surface area (Å²) in [6, 6.07) is 1.94. The van der Waals surface area contributed by atoms with Gasteiger partial charge in [-0.05, 0) is 25.8 Å². The summed E-state index contributed by atoms with van der Waals surface area (Å²) in [5, 5.41) is -0.0696. The smallest absolute Gasteiger partial charge is 0.180 e. The van der Waals surface area contributed by atoms with Crippen molar-refractivity contribution in [2.24, 2.45) is 5.73 Å². The molecule has 1 aliphatic heterocycles. The number of thiophene rings is 1. The van der Waals surface area contributed by atoms with Gasteiger partial charge in [0.25, 0.3) is 0 Å². The summed E-state index contributed by atoms with van der Waals surface area (Å²) in [5.41, 5.74) is 6.45. The Bertz CT molecular complexity index is 344. The van der Waals surface area contributed by atoms with Crippen LogP contribution in [0.1, 0.15) is 23.3 Å². The van der Waals surface area contributed by atoms with E-state index in [9.17, 15) is 4.39 Å². The number of nitrogens with two attached hydrogens (primary N) is 1. The highest BCUT2D eigenvalue weighted by molar-refractivity contribution is 7.10. The van der Waals surface area contributed by atoms with Gasteiger partial charge in [-0.15, -0.1) is 11.3 Å². The van der Waals surface area contributed by atoms with Crippen LogP contribution in [0.5, 0.6) is 0 Å². The average Bonchev–Trinajstić information content (AvgIpc) is 2.59. The Morgan fingerprint density at radius 1 is 1.53 bits per heavy atom. The standard InChI is InChI=1S/C11H16FNOS/c1-8-6-9(10(12)15-8)11(7-13)2-4-14-5-3-11/h6H,2-5,7,13H2,1H3. The quantitative estimate of drug-likeness (QED) is 0.843. The first-order valence-electron chi connectivity index (χ1n) is 5.22. The molecular weight excluding hydrogens is 213 g/mol. The second-order valence-corrected chi connectivity index (χ2v) is 5.35. The van der Waals surface area contributed by atoms with Crippen LogP contribution in [0.15, 0.2) is 6.07 Å². The summed E-state index contributed by atoms with van der Waals surface area (Å²) in [6.07, 6.45) is 1.66. The van der Waals surface area contributed by atoms with Crippen molar-refractivity contribution in [3.05, 3.63) is 21.6 Å². The van der Waals surface area contributed by atoms with Gasteiger partial charge in [0.1, 0.15) is 0 Å². The Labute approximate surface area is 93.2 Å². The van der Waals surface area contributed by atoms with Crippen molar-refractivity contribution in [3.63, 3.8) is 0 Å². The molecule has 0 atom stereocenters. The van der Waals surface area contributed by atoms with E-state index in [0.29, 0.717) is 19.8 Å². The maximum absolute atomic E-state index is 13.7. The first-order valence-corrected chi connectivity index (χ1v) is 6.04. The predicted octanol–water partition coefficient (Wildman–Crippen LogP) is 2.20. The van der Waals surface area contributed by atoms with Crippen LogP contribution in [0.4, 0.5) is 4.39 Å². The van der Waals surface area contributed by atoms with E-state index in [-0.39, 0.29) is 10.5 Å². The molecule has 0 aliphatic carbocycles. The molecule has 0 aromatic carbocycles. The molecule has 1 aromatic rings. The number of halogens is 1. The summed E-state index contributed by atoms with van der Waals surface area (Å²) < 4.78 is 19.1. The van der Waals surface area contributed by atoms with E-state index >= 15 is 0 Å². The van der Waals surface area contributed by atoms with Gasteiger partial charge < -0.3 is 10.5 Å². The Kier molecular flexibility index (Phi) is 3.09. The fourth-order valence-electron chi connectivity index (χ4n) is 2.19. The van der Waals surface area contributed by atoms with Crippen molar-refractivity contribution in [3.8, 4) is 0 Å². The molecule has 2 heterocycles. The van der Waals surface area contributed by atoms with Crippen LogP contribution >= 0.6 is 11.3 Å². The van der Waals surface area contributed by atoms with Crippen LogP contribution in [-0.4, -0.2) is 19.8 Å². The molecule has 2 rings (SSSR count). The van der Waals surface area contributed by atoms with Crippen LogP contribution in [0.25, 0.3) is 0 Å². The molecule has 84 valence electrons. The molecule has 1 aromatic heterocycles. The molecular formula is C11H16FNOS. The predicted molar refractivity (Wildman–Crippen MR) is 59.8 cm³/mol. The molecule has 15 heavy (non-hydrogen) atoms. The molecule has 1 saturated heterocycles. The molecule has 4 heteroatoms. The van der Waals surface area contributed by atoms with Gasteiger partial charge in [0, 0.05) is 35.6 Å². The number of hydrogen-bond donors (Lipinski definition) is 1. The summed E-state index contributed by atoms with van der Waals surface area (Å²) in [4.78, 5) is 1.02. The van der Waals surface area contributed by atoms with Crippen LogP contribution in [-0.2, 0) is 10.2 Å². The lowest BCUT2D eigenvalue weighted by Gasteiger charge is -2.35. The molecule has 1 aliphatic rings. The second kappa shape index (κ2) is 4.20. The lowest BCUT2D eigenvalue weighted by Crippen LogP contribution is -2.40. The fourth-order valence-corrected chi connectivity index (χ4v) is 3.04. The zero-order valence-corrected chi connectivity index (χ0v) is 9.70. The van der Waals surface area contributed by atoms with E-state index in [1.807, 2.05) is 13.0 Å². The SMILES string of the molecule is Cc1cc(C2(CN)CCOCC2)c(F)s1. The van der Waals surface area contributed by atoms with Crippen molar-refractivity contribution >= 4 is 11.3 Å². The zero-order chi connectivity index (χ0) is 10.9. The molecule has 2 N–H and O–H groups in total. The van der Waals surface area contributed by atoms with Crippen LogP contribution in [0.2, 0.25) is 0 Å². The lowest BCUT2D eigenvalue weighted by atomic mass is 9.75. The molecule has 0 amide bonds. The van der Waals surface area contributed by atoms with Crippen molar-refractivity contribution in [2.75, 3.05) is 19.8 Å². The molecule has 0 saturated carbocycles. The third-order valence-corrected chi connectivity index (χ3v) is 4.06. The number of hydrogen-bond acceptors (Lipinski definition) is 3. The van der Waals surface area contributed by atoms with Gasteiger partial charge in [-0.1, -0.05) is 0 Å². The van der Waals surface area contributed by atoms with Gasteiger partial charge in [0.05, 0.1) is 0 Å². The van der Waals surface area contributed by atoms with Gasteiger partial charge in [-0.2, -0.15) is 4.39 Å². The first-order chi connectivity index (χ1) is 7.18. The highest BCUT2D eigenvalue weighted by atomic mass is 32.1. The third kappa shape index (κ3) is 1.94. The second-order valence-electron chi connectivity index (χ2n) is 4.14. The van der Waals surface area contributed by atoms with Gasteiger partial charge >= 0.3 is 0 Å². The monoisotopic (exact) mass is 229 g/mol. The molecule has 0 spiro atoms. The summed E-state index contributed by atoms with van der Waals surface area (Å²) in [7, 11) is 0. The Hall–Kier alpha value is -0.450. The summed E-state index contributed by atoms with van der Waals surface area (Å²) in [6.45, 7) is 3.81. The highest BCUT2D eigenvalue weighted by Gasteiger charge is 2.36. The average molecular weight is 229 g/mol. The van der Waals surface area contributed by atoms with E-state index in [4.69, 9.17) is 10.5 Å². The van der Waals surface area contributed by atoms with E-state index in [0.717, 1.165) is 23.3 Å². The van der Waals surface area contributed by atoms with E-state index < -0.39 is 0 Å². The third-order valence-electron chi connectivity index (χ3n) is 3.22. The Balaban J connectivity index is 2.36. The topological polar surface area (TPSA) is 35.2 Å². The largest absolute Gasteiger partial charge is 0.381 e. The van der Waals surface area contributed by atoms with E-state index in [2.05, 4.69) is 0 Å². The van der Waals surface area contributed by atoms with Crippen molar-refractivity contribution in [1.29, 1.82) is 0 Å².